The molecule has 0 radical (unpaired) electrons. The van der Waals surface area contributed by atoms with E-state index in [-0.39, 0.29) is 11.9 Å². The van der Waals surface area contributed by atoms with Crippen LogP contribution in [0.25, 0.3) is 0 Å². The molecule has 0 aromatic heterocycles. The summed E-state index contributed by atoms with van der Waals surface area (Å²) in [6, 6.07) is 7.59. The lowest BCUT2D eigenvalue weighted by atomic mass is 9.71. The van der Waals surface area contributed by atoms with Gasteiger partial charge in [-0.3, -0.25) is 9.59 Å². The van der Waals surface area contributed by atoms with E-state index in [1.807, 2.05) is 38.1 Å². The molecule has 5 heteroatoms. The highest BCUT2D eigenvalue weighted by molar-refractivity contribution is 6.00. The number of hydrogen-bond donors (Lipinski definition) is 1. The molecule has 1 N–H and O–H groups in total. The zero-order chi connectivity index (χ0) is 18.8. The summed E-state index contributed by atoms with van der Waals surface area (Å²) in [5.74, 6) is -0.769. The summed E-state index contributed by atoms with van der Waals surface area (Å²) in [5.41, 5.74) is 2.92. The van der Waals surface area contributed by atoms with E-state index >= 15 is 0 Å². The van der Waals surface area contributed by atoms with Crippen molar-refractivity contribution >= 4 is 11.8 Å². The number of esters is 1. The number of carbonyl (C=O) groups excluding carboxylic acids is 2. The molecule has 0 spiro atoms. The summed E-state index contributed by atoms with van der Waals surface area (Å²) in [7, 11) is 1.36. The van der Waals surface area contributed by atoms with Crippen LogP contribution in [0.3, 0.4) is 0 Å². The number of allylic oxidation sites excluding steroid dienone is 2. The number of ketones is 1. The van der Waals surface area contributed by atoms with E-state index in [4.69, 9.17) is 9.47 Å². The highest BCUT2D eigenvalue weighted by Crippen LogP contribution is 2.46. The Kier molecular flexibility index (Phi) is 5.16. The largest absolute Gasteiger partial charge is 0.491 e. The van der Waals surface area contributed by atoms with Crippen molar-refractivity contribution < 1.29 is 19.1 Å². The van der Waals surface area contributed by atoms with Gasteiger partial charge in [0.2, 0.25) is 0 Å². The Morgan fingerprint density at radius 3 is 2.69 bits per heavy atom. The summed E-state index contributed by atoms with van der Waals surface area (Å²) in [5, 5.41) is 3.20. The van der Waals surface area contributed by atoms with Crippen molar-refractivity contribution in [3.63, 3.8) is 0 Å². The molecule has 3 rings (SSSR count). The van der Waals surface area contributed by atoms with Gasteiger partial charge in [-0.15, -0.1) is 0 Å². The molecular formula is C21H25NO4. The molecule has 0 saturated heterocycles. The summed E-state index contributed by atoms with van der Waals surface area (Å²) in [6.45, 7) is 7.95. The predicted molar refractivity (Wildman–Crippen MR) is 98.6 cm³/mol. The van der Waals surface area contributed by atoms with Crippen LogP contribution in [-0.4, -0.2) is 25.0 Å². The van der Waals surface area contributed by atoms with Gasteiger partial charge >= 0.3 is 5.97 Å². The minimum absolute atomic E-state index is 0.0202. The van der Waals surface area contributed by atoms with Crippen LogP contribution in [0, 0.1) is 5.92 Å². The van der Waals surface area contributed by atoms with Gasteiger partial charge in [0, 0.05) is 34.9 Å². The SMILES string of the molecule is C=C1NC2=C(C(=O)CCC2)C(c2ccccc2OC(C)C)C1C(=O)OC. The second-order valence-electron chi connectivity index (χ2n) is 7.00. The van der Waals surface area contributed by atoms with Gasteiger partial charge in [0.05, 0.1) is 13.2 Å². The lowest BCUT2D eigenvalue weighted by Crippen LogP contribution is -2.41. The third-order valence-corrected chi connectivity index (χ3v) is 4.86. The Hall–Kier alpha value is -2.56. The third kappa shape index (κ3) is 3.26. The predicted octanol–water partition coefficient (Wildman–Crippen LogP) is 3.47. The van der Waals surface area contributed by atoms with Crippen molar-refractivity contribution in [1.82, 2.24) is 5.32 Å². The summed E-state index contributed by atoms with van der Waals surface area (Å²) in [6.07, 6.45) is 2.05. The zero-order valence-electron chi connectivity index (χ0n) is 15.5. The number of ether oxygens (including phenoxy) is 2. The molecular weight excluding hydrogens is 330 g/mol. The maximum absolute atomic E-state index is 12.8. The van der Waals surface area contributed by atoms with Gasteiger partial charge in [-0.25, -0.2) is 0 Å². The molecule has 2 atom stereocenters. The highest BCUT2D eigenvalue weighted by atomic mass is 16.5. The van der Waals surface area contributed by atoms with Gasteiger partial charge in [0.15, 0.2) is 5.78 Å². The number of benzene rings is 1. The second-order valence-corrected chi connectivity index (χ2v) is 7.00. The molecule has 5 nitrogen and oxygen atoms in total. The van der Waals surface area contributed by atoms with E-state index in [0.29, 0.717) is 23.4 Å². The van der Waals surface area contributed by atoms with Gasteiger partial charge in [0.25, 0.3) is 0 Å². The average molecular weight is 355 g/mol. The first-order chi connectivity index (χ1) is 12.4. The highest BCUT2D eigenvalue weighted by Gasteiger charge is 2.44. The smallest absolute Gasteiger partial charge is 0.315 e. The van der Waals surface area contributed by atoms with Crippen LogP contribution in [0.15, 0.2) is 47.8 Å². The number of hydrogen-bond acceptors (Lipinski definition) is 5. The Morgan fingerprint density at radius 1 is 1.27 bits per heavy atom. The van der Waals surface area contributed by atoms with E-state index in [9.17, 15) is 9.59 Å². The monoisotopic (exact) mass is 355 g/mol. The number of Topliss-reactive ketones (excluding diaryl/α,β-unsaturated/α-hetero) is 1. The number of carbonyl (C=O) groups is 2. The van der Waals surface area contributed by atoms with Gasteiger partial charge in [-0.2, -0.15) is 0 Å². The summed E-state index contributed by atoms with van der Waals surface area (Å²) in [4.78, 5) is 25.4. The molecule has 0 fully saturated rings. The van der Waals surface area contributed by atoms with Crippen molar-refractivity contribution in [2.24, 2.45) is 5.92 Å². The van der Waals surface area contributed by atoms with Crippen LogP contribution >= 0.6 is 0 Å². The molecule has 0 bridgehead atoms. The minimum atomic E-state index is -0.669. The molecule has 0 amide bonds. The van der Waals surface area contributed by atoms with Gasteiger partial charge in [0.1, 0.15) is 11.7 Å². The Bertz CT molecular complexity index is 778. The lowest BCUT2D eigenvalue weighted by Gasteiger charge is -2.38. The number of para-hydroxylation sites is 1. The van der Waals surface area contributed by atoms with Crippen LogP contribution in [0.4, 0.5) is 0 Å². The molecule has 0 saturated carbocycles. The first kappa shape index (κ1) is 18.2. The topological polar surface area (TPSA) is 64.6 Å². The van der Waals surface area contributed by atoms with E-state index in [1.165, 1.54) is 7.11 Å². The van der Waals surface area contributed by atoms with Crippen LogP contribution in [0.2, 0.25) is 0 Å². The van der Waals surface area contributed by atoms with Crippen LogP contribution < -0.4 is 10.1 Å². The van der Waals surface area contributed by atoms with E-state index in [0.717, 1.165) is 24.1 Å². The Balaban J connectivity index is 2.19. The van der Waals surface area contributed by atoms with Gasteiger partial charge < -0.3 is 14.8 Å². The Labute approximate surface area is 154 Å². The molecule has 1 aromatic rings. The van der Waals surface area contributed by atoms with Crippen LogP contribution in [0.5, 0.6) is 5.75 Å². The quantitative estimate of drug-likeness (QED) is 0.838. The fourth-order valence-electron chi connectivity index (χ4n) is 3.83. The molecule has 2 aliphatic rings. The molecule has 2 unspecified atom stereocenters. The number of nitrogens with one attached hydrogen (secondary N) is 1. The normalized spacial score (nSPS) is 22.8. The van der Waals surface area contributed by atoms with Crippen molar-refractivity contribution in [2.75, 3.05) is 7.11 Å². The van der Waals surface area contributed by atoms with Crippen LogP contribution in [0.1, 0.15) is 44.6 Å². The number of rotatable bonds is 4. The number of methoxy groups -OCH3 is 1. The van der Waals surface area contributed by atoms with Crippen molar-refractivity contribution in [1.29, 1.82) is 0 Å². The maximum Gasteiger partial charge on any atom is 0.315 e. The first-order valence-electron chi connectivity index (χ1n) is 8.99. The fourth-order valence-corrected chi connectivity index (χ4v) is 3.83. The van der Waals surface area contributed by atoms with Crippen molar-refractivity contribution in [2.45, 2.75) is 45.1 Å². The van der Waals surface area contributed by atoms with Crippen LogP contribution in [-0.2, 0) is 14.3 Å². The standard InChI is InChI=1S/C21H25NO4/c1-12(2)26-17-11-6-5-8-14(17)19-18(21(24)25-4)13(3)22-15-9-7-10-16(23)20(15)19/h5-6,8,11-12,18-19,22H,3,7,9-10H2,1-2,4H3. The molecule has 1 heterocycles. The van der Waals surface area contributed by atoms with Gasteiger partial charge in [-0.05, 0) is 32.8 Å². The van der Waals surface area contributed by atoms with E-state index in [1.54, 1.807) is 0 Å². The Morgan fingerprint density at radius 2 is 2.00 bits per heavy atom. The molecule has 138 valence electrons. The lowest BCUT2D eigenvalue weighted by molar-refractivity contribution is -0.144. The van der Waals surface area contributed by atoms with Gasteiger partial charge in [-0.1, -0.05) is 24.8 Å². The second kappa shape index (κ2) is 7.36. The van der Waals surface area contributed by atoms with Crippen molar-refractivity contribution in [3.05, 3.63) is 53.4 Å². The van der Waals surface area contributed by atoms with E-state index < -0.39 is 17.8 Å². The zero-order valence-corrected chi connectivity index (χ0v) is 15.5. The summed E-state index contributed by atoms with van der Waals surface area (Å²) >= 11 is 0. The maximum atomic E-state index is 12.8. The third-order valence-electron chi connectivity index (χ3n) is 4.86. The molecule has 26 heavy (non-hydrogen) atoms. The minimum Gasteiger partial charge on any atom is -0.491 e. The molecule has 1 aromatic carbocycles. The van der Waals surface area contributed by atoms with E-state index in [2.05, 4.69) is 11.9 Å². The molecule has 1 aliphatic heterocycles. The average Bonchev–Trinajstić information content (AvgIpc) is 2.60. The van der Waals surface area contributed by atoms with Crippen molar-refractivity contribution in [3.8, 4) is 5.75 Å². The summed E-state index contributed by atoms with van der Waals surface area (Å²) < 4.78 is 11.0. The molecule has 1 aliphatic carbocycles. The first-order valence-corrected chi connectivity index (χ1v) is 8.99. The fraction of sp³-hybridized carbons (Fsp3) is 0.429.